The molecule has 0 bridgehead atoms. The summed E-state index contributed by atoms with van der Waals surface area (Å²) in [6, 6.07) is 9.63. The van der Waals surface area contributed by atoms with Crippen LogP contribution in [0.2, 0.25) is 0 Å². The molecule has 0 saturated carbocycles. The normalized spacial score (nSPS) is 11.8. The van der Waals surface area contributed by atoms with Gasteiger partial charge in [-0.05, 0) is 43.7 Å². The number of fused-ring (bicyclic) bond motifs is 1. The first-order valence-corrected chi connectivity index (χ1v) is 11.7. The predicted octanol–water partition coefficient (Wildman–Crippen LogP) is 2.97. The lowest BCUT2D eigenvalue weighted by Crippen LogP contribution is -2.18. The SMILES string of the molecule is Cc1cc(-c2cc3c(c(C)nn3Cc3ccc(F)cc3)c(NS(C)(=O)=O)n2)cn(C)c1=O. The van der Waals surface area contributed by atoms with E-state index in [1.807, 2.05) is 6.07 Å². The maximum atomic E-state index is 13.3. The van der Waals surface area contributed by atoms with Crippen molar-refractivity contribution in [3.05, 3.63) is 75.6 Å². The Kier molecular flexibility index (Phi) is 5.33. The largest absolute Gasteiger partial charge is 0.318 e. The molecule has 0 radical (unpaired) electrons. The van der Waals surface area contributed by atoms with Crippen molar-refractivity contribution < 1.29 is 12.8 Å². The van der Waals surface area contributed by atoms with E-state index in [4.69, 9.17) is 0 Å². The monoisotopic (exact) mass is 455 g/mol. The summed E-state index contributed by atoms with van der Waals surface area (Å²) < 4.78 is 43.0. The zero-order valence-electron chi connectivity index (χ0n) is 18.0. The number of aromatic nitrogens is 4. The van der Waals surface area contributed by atoms with Gasteiger partial charge in [0.1, 0.15) is 5.82 Å². The zero-order valence-corrected chi connectivity index (χ0v) is 18.9. The fraction of sp³-hybridized carbons (Fsp3) is 0.227. The molecule has 3 aromatic heterocycles. The van der Waals surface area contributed by atoms with Crippen molar-refractivity contribution in [3.63, 3.8) is 0 Å². The Labute approximate surface area is 184 Å². The molecule has 0 unspecified atom stereocenters. The lowest BCUT2D eigenvalue weighted by Gasteiger charge is -2.11. The van der Waals surface area contributed by atoms with Gasteiger partial charge in [-0.2, -0.15) is 5.10 Å². The Hall–Kier alpha value is -3.53. The highest BCUT2D eigenvalue weighted by Crippen LogP contribution is 2.31. The Morgan fingerprint density at radius 2 is 1.81 bits per heavy atom. The lowest BCUT2D eigenvalue weighted by atomic mass is 10.1. The van der Waals surface area contributed by atoms with Crippen molar-refractivity contribution in [1.29, 1.82) is 0 Å². The summed E-state index contributed by atoms with van der Waals surface area (Å²) in [7, 11) is -1.96. The highest BCUT2D eigenvalue weighted by molar-refractivity contribution is 7.92. The van der Waals surface area contributed by atoms with Crippen molar-refractivity contribution >= 4 is 26.7 Å². The van der Waals surface area contributed by atoms with Crippen LogP contribution >= 0.6 is 0 Å². The maximum Gasteiger partial charge on any atom is 0.253 e. The van der Waals surface area contributed by atoms with Crippen LogP contribution in [0.1, 0.15) is 16.8 Å². The molecule has 32 heavy (non-hydrogen) atoms. The highest BCUT2D eigenvalue weighted by Gasteiger charge is 2.19. The molecular weight excluding hydrogens is 433 g/mol. The summed E-state index contributed by atoms with van der Waals surface area (Å²) in [6.45, 7) is 3.84. The van der Waals surface area contributed by atoms with Gasteiger partial charge in [-0.1, -0.05) is 12.1 Å². The number of pyridine rings is 2. The number of sulfonamides is 1. The van der Waals surface area contributed by atoms with E-state index in [0.29, 0.717) is 40.0 Å². The minimum absolute atomic E-state index is 0.124. The Morgan fingerprint density at radius 3 is 2.44 bits per heavy atom. The molecule has 0 aliphatic carbocycles. The third kappa shape index (κ3) is 4.26. The first-order valence-electron chi connectivity index (χ1n) is 9.80. The van der Waals surface area contributed by atoms with Crippen molar-refractivity contribution in [3.8, 4) is 11.3 Å². The van der Waals surface area contributed by atoms with Gasteiger partial charge >= 0.3 is 0 Å². The number of hydrogen-bond donors (Lipinski definition) is 1. The second kappa shape index (κ2) is 7.86. The third-order valence-corrected chi connectivity index (χ3v) is 5.66. The second-order valence-corrected chi connectivity index (χ2v) is 9.57. The van der Waals surface area contributed by atoms with Crippen LogP contribution in [0.15, 0.2) is 47.4 Å². The van der Waals surface area contributed by atoms with Crippen LogP contribution in [0.5, 0.6) is 0 Å². The zero-order chi connectivity index (χ0) is 23.2. The summed E-state index contributed by atoms with van der Waals surface area (Å²) in [5.74, 6) is -0.166. The average molecular weight is 456 g/mol. The molecule has 1 aromatic carbocycles. The van der Waals surface area contributed by atoms with Crippen LogP contribution in [0, 0.1) is 19.7 Å². The molecule has 0 amide bonds. The van der Waals surface area contributed by atoms with E-state index in [0.717, 1.165) is 11.8 Å². The topological polar surface area (TPSA) is 98.9 Å². The van der Waals surface area contributed by atoms with E-state index in [-0.39, 0.29) is 17.2 Å². The van der Waals surface area contributed by atoms with Crippen molar-refractivity contribution in [2.45, 2.75) is 20.4 Å². The van der Waals surface area contributed by atoms with Gasteiger partial charge in [0.15, 0.2) is 5.82 Å². The Bertz CT molecular complexity index is 1480. The molecule has 0 aliphatic rings. The molecule has 1 N–H and O–H groups in total. The number of nitrogens with zero attached hydrogens (tertiary/aromatic N) is 4. The van der Waals surface area contributed by atoms with Crippen LogP contribution in [0.4, 0.5) is 10.2 Å². The number of halogens is 1. The first kappa shape index (κ1) is 21.7. The summed E-state index contributed by atoms with van der Waals surface area (Å²) in [4.78, 5) is 16.7. The fourth-order valence-corrected chi connectivity index (χ4v) is 4.17. The summed E-state index contributed by atoms with van der Waals surface area (Å²) in [5, 5.41) is 5.15. The van der Waals surface area contributed by atoms with Gasteiger partial charge in [0.05, 0.1) is 35.1 Å². The minimum atomic E-state index is -3.61. The molecule has 10 heteroatoms. The van der Waals surface area contributed by atoms with Gasteiger partial charge in [0.2, 0.25) is 10.0 Å². The van der Waals surface area contributed by atoms with Crippen molar-refractivity contribution in [2.24, 2.45) is 7.05 Å². The van der Waals surface area contributed by atoms with Gasteiger partial charge in [-0.3, -0.25) is 14.2 Å². The van der Waals surface area contributed by atoms with Gasteiger partial charge in [-0.25, -0.2) is 17.8 Å². The highest BCUT2D eigenvalue weighted by atomic mass is 32.2. The second-order valence-electron chi connectivity index (χ2n) is 7.82. The molecule has 0 aliphatic heterocycles. The summed E-state index contributed by atoms with van der Waals surface area (Å²) in [6.07, 6.45) is 2.71. The van der Waals surface area contributed by atoms with E-state index < -0.39 is 10.0 Å². The van der Waals surface area contributed by atoms with Gasteiger partial charge < -0.3 is 4.57 Å². The quantitative estimate of drug-likeness (QED) is 0.499. The van der Waals surface area contributed by atoms with E-state index in [1.54, 1.807) is 50.0 Å². The molecule has 4 aromatic rings. The lowest BCUT2D eigenvalue weighted by molar-refractivity contribution is 0.606. The molecular formula is C22H22FN5O3S. The number of hydrogen-bond acceptors (Lipinski definition) is 5. The minimum Gasteiger partial charge on any atom is -0.318 e. The smallest absolute Gasteiger partial charge is 0.253 e. The molecule has 0 atom stereocenters. The molecule has 0 saturated heterocycles. The van der Waals surface area contributed by atoms with Crippen LogP contribution in [0.25, 0.3) is 22.2 Å². The summed E-state index contributed by atoms with van der Waals surface area (Å²) >= 11 is 0. The van der Waals surface area contributed by atoms with E-state index in [2.05, 4.69) is 14.8 Å². The van der Waals surface area contributed by atoms with Crippen LogP contribution in [0.3, 0.4) is 0 Å². The average Bonchev–Trinajstić information content (AvgIpc) is 3.02. The fourth-order valence-electron chi connectivity index (χ4n) is 3.68. The Morgan fingerprint density at radius 1 is 1.12 bits per heavy atom. The third-order valence-electron chi connectivity index (χ3n) is 5.10. The molecule has 0 spiro atoms. The molecule has 4 rings (SSSR count). The predicted molar refractivity (Wildman–Crippen MR) is 122 cm³/mol. The number of aryl methyl sites for hydroxylation is 3. The van der Waals surface area contributed by atoms with Crippen LogP contribution in [-0.2, 0) is 23.6 Å². The number of nitrogens with one attached hydrogen (secondary N) is 1. The van der Waals surface area contributed by atoms with E-state index in [1.165, 1.54) is 16.7 Å². The summed E-state index contributed by atoms with van der Waals surface area (Å²) in [5.41, 5.74) is 3.67. The Balaban J connectivity index is 1.95. The molecule has 3 heterocycles. The van der Waals surface area contributed by atoms with Crippen molar-refractivity contribution in [2.75, 3.05) is 11.0 Å². The van der Waals surface area contributed by atoms with Gasteiger partial charge in [0.25, 0.3) is 5.56 Å². The van der Waals surface area contributed by atoms with Gasteiger partial charge in [-0.15, -0.1) is 0 Å². The molecule has 166 valence electrons. The van der Waals surface area contributed by atoms with Crippen LogP contribution < -0.4 is 10.3 Å². The maximum absolute atomic E-state index is 13.3. The number of anilines is 1. The van der Waals surface area contributed by atoms with E-state index >= 15 is 0 Å². The first-order chi connectivity index (χ1) is 15.0. The van der Waals surface area contributed by atoms with Crippen LogP contribution in [-0.4, -0.2) is 34.0 Å². The van der Waals surface area contributed by atoms with Gasteiger partial charge in [0, 0.05) is 24.4 Å². The van der Waals surface area contributed by atoms with E-state index in [9.17, 15) is 17.6 Å². The number of rotatable bonds is 5. The van der Waals surface area contributed by atoms with Crippen molar-refractivity contribution in [1.82, 2.24) is 19.3 Å². The molecule has 8 nitrogen and oxygen atoms in total. The molecule has 0 fully saturated rings. The standard InChI is InChI=1S/C22H22FN5O3S/c1-13-9-16(12-27(3)22(13)29)18-10-19-20(21(24-18)26-32(4,30)31)14(2)25-28(19)11-15-5-7-17(23)8-6-15/h5-10,12H,11H2,1-4H3,(H,24,26). The number of benzene rings is 1.